The van der Waals surface area contributed by atoms with Gasteiger partial charge in [0, 0.05) is 0 Å². The average molecular weight is 204 g/mol. The molecule has 0 saturated heterocycles. The minimum Gasteiger partial charge on any atom is -0.394 e. The zero-order valence-electron chi connectivity index (χ0n) is 9.50. The maximum absolute atomic E-state index is 8.48. The number of hydrogen-bond donors (Lipinski definition) is 1. The van der Waals surface area contributed by atoms with Crippen molar-refractivity contribution in [1.29, 1.82) is 0 Å². The van der Waals surface area contributed by atoms with Gasteiger partial charge in [0.25, 0.3) is 0 Å². The lowest BCUT2D eigenvalue weighted by atomic mass is 10.1. The van der Waals surface area contributed by atoms with Gasteiger partial charge in [-0.25, -0.2) is 0 Å². The van der Waals surface area contributed by atoms with Crippen molar-refractivity contribution in [2.45, 2.75) is 45.6 Å². The molecule has 0 bridgehead atoms. The van der Waals surface area contributed by atoms with Crippen LogP contribution in [0.25, 0.3) is 0 Å². The molecule has 0 fully saturated rings. The Morgan fingerprint density at radius 1 is 1.00 bits per heavy atom. The lowest BCUT2D eigenvalue weighted by Crippen LogP contribution is -2.16. The Bertz CT molecular complexity index is 101. The lowest BCUT2D eigenvalue weighted by Gasteiger charge is -2.16. The Labute approximate surface area is 87.4 Å². The third-order valence-corrected chi connectivity index (χ3v) is 2.04. The van der Waals surface area contributed by atoms with Crippen molar-refractivity contribution < 1.29 is 14.6 Å². The van der Waals surface area contributed by atoms with E-state index in [4.69, 9.17) is 14.6 Å². The Hall–Kier alpha value is -0.120. The van der Waals surface area contributed by atoms with Crippen molar-refractivity contribution in [2.75, 3.05) is 26.4 Å². The molecule has 0 aliphatic rings. The summed E-state index contributed by atoms with van der Waals surface area (Å²) in [6.07, 6.45) is 4.99. The van der Waals surface area contributed by atoms with Crippen LogP contribution < -0.4 is 0 Å². The highest BCUT2D eigenvalue weighted by Crippen LogP contribution is 2.08. The summed E-state index contributed by atoms with van der Waals surface area (Å²) in [5, 5.41) is 8.48. The summed E-state index contributed by atoms with van der Waals surface area (Å²) in [4.78, 5) is 0. The van der Waals surface area contributed by atoms with E-state index in [9.17, 15) is 0 Å². The molecular weight excluding hydrogens is 180 g/mol. The fraction of sp³-hybridized carbons (Fsp3) is 1.00. The quantitative estimate of drug-likeness (QED) is 0.553. The first kappa shape index (κ1) is 13.9. The first-order valence-corrected chi connectivity index (χ1v) is 5.65. The predicted octanol–water partition coefficient (Wildman–Crippen LogP) is 1.98. The lowest BCUT2D eigenvalue weighted by molar-refractivity contribution is -0.00876. The van der Waals surface area contributed by atoms with Crippen LogP contribution in [0, 0.1) is 0 Å². The van der Waals surface area contributed by atoms with E-state index in [1.54, 1.807) is 0 Å². The fourth-order valence-corrected chi connectivity index (χ4v) is 1.40. The molecule has 0 amide bonds. The maximum atomic E-state index is 8.48. The predicted molar refractivity (Wildman–Crippen MR) is 57.5 cm³/mol. The summed E-state index contributed by atoms with van der Waals surface area (Å²) >= 11 is 0. The molecule has 0 aromatic rings. The minimum absolute atomic E-state index is 0.0906. The highest BCUT2D eigenvalue weighted by molar-refractivity contribution is 4.55. The molecule has 1 N–H and O–H groups in total. The van der Waals surface area contributed by atoms with Gasteiger partial charge in [0.1, 0.15) is 0 Å². The van der Waals surface area contributed by atoms with Gasteiger partial charge in [-0.2, -0.15) is 0 Å². The van der Waals surface area contributed by atoms with E-state index in [-0.39, 0.29) is 6.61 Å². The van der Waals surface area contributed by atoms with E-state index in [0.29, 0.717) is 25.9 Å². The molecule has 0 rings (SSSR count). The van der Waals surface area contributed by atoms with Gasteiger partial charge in [0.2, 0.25) is 0 Å². The molecule has 14 heavy (non-hydrogen) atoms. The van der Waals surface area contributed by atoms with E-state index in [0.717, 1.165) is 12.8 Å². The second-order valence-electron chi connectivity index (χ2n) is 3.41. The Balaban J connectivity index is 3.30. The second kappa shape index (κ2) is 11.0. The molecule has 0 radical (unpaired) electrons. The maximum Gasteiger partial charge on any atom is 0.0704 e. The van der Waals surface area contributed by atoms with Crippen LogP contribution in [0.15, 0.2) is 0 Å². The highest BCUT2D eigenvalue weighted by atomic mass is 16.5. The Morgan fingerprint density at radius 2 is 1.64 bits per heavy atom. The molecule has 0 saturated carbocycles. The van der Waals surface area contributed by atoms with Crippen LogP contribution in [0.2, 0.25) is 0 Å². The molecule has 0 aliphatic heterocycles. The number of aliphatic hydroxyl groups excluding tert-OH is 1. The van der Waals surface area contributed by atoms with E-state index < -0.39 is 0 Å². The van der Waals surface area contributed by atoms with Gasteiger partial charge in [-0.05, 0) is 12.8 Å². The van der Waals surface area contributed by atoms with E-state index in [1.165, 1.54) is 12.8 Å². The molecule has 0 aromatic carbocycles. The number of hydrogen-bond acceptors (Lipinski definition) is 3. The molecular formula is C11H24O3. The summed E-state index contributed by atoms with van der Waals surface area (Å²) in [5.74, 6) is 0. The standard InChI is InChI=1S/C11H24O3/c1-3-5-11(6-4-2)14-10-9-13-8-7-12/h11-12H,3-10H2,1-2H3. The van der Waals surface area contributed by atoms with Crippen LogP contribution in [0.1, 0.15) is 39.5 Å². The van der Waals surface area contributed by atoms with Crippen LogP contribution in [0.5, 0.6) is 0 Å². The molecule has 0 aliphatic carbocycles. The largest absolute Gasteiger partial charge is 0.394 e. The van der Waals surface area contributed by atoms with E-state index in [1.807, 2.05) is 0 Å². The van der Waals surface area contributed by atoms with Crippen molar-refractivity contribution >= 4 is 0 Å². The van der Waals surface area contributed by atoms with Gasteiger partial charge >= 0.3 is 0 Å². The minimum atomic E-state index is 0.0906. The summed E-state index contributed by atoms with van der Waals surface area (Å²) in [7, 11) is 0. The summed E-state index contributed by atoms with van der Waals surface area (Å²) in [6.45, 7) is 6.08. The van der Waals surface area contributed by atoms with Gasteiger partial charge in [0.15, 0.2) is 0 Å². The topological polar surface area (TPSA) is 38.7 Å². The van der Waals surface area contributed by atoms with Crippen molar-refractivity contribution in [3.8, 4) is 0 Å². The van der Waals surface area contributed by atoms with Crippen LogP contribution >= 0.6 is 0 Å². The molecule has 3 heteroatoms. The van der Waals surface area contributed by atoms with Crippen LogP contribution in [-0.2, 0) is 9.47 Å². The highest BCUT2D eigenvalue weighted by Gasteiger charge is 2.05. The van der Waals surface area contributed by atoms with Crippen LogP contribution in [0.3, 0.4) is 0 Å². The van der Waals surface area contributed by atoms with Crippen molar-refractivity contribution in [1.82, 2.24) is 0 Å². The van der Waals surface area contributed by atoms with Gasteiger partial charge < -0.3 is 14.6 Å². The molecule has 0 aromatic heterocycles. The van der Waals surface area contributed by atoms with Gasteiger partial charge in [0.05, 0.1) is 32.5 Å². The number of aliphatic hydroxyl groups is 1. The van der Waals surface area contributed by atoms with Gasteiger partial charge in [-0.15, -0.1) is 0 Å². The molecule has 0 atom stereocenters. The van der Waals surface area contributed by atoms with Crippen molar-refractivity contribution in [2.24, 2.45) is 0 Å². The third-order valence-electron chi connectivity index (χ3n) is 2.04. The van der Waals surface area contributed by atoms with Crippen molar-refractivity contribution in [3.05, 3.63) is 0 Å². The molecule has 3 nitrogen and oxygen atoms in total. The smallest absolute Gasteiger partial charge is 0.0704 e. The average Bonchev–Trinajstić information content (AvgIpc) is 2.18. The molecule has 0 unspecified atom stereocenters. The molecule has 86 valence electrons. The number of rotatable bonds is 10. The van der Waals surface area contributed by atoms with Crippen LogP contribution in [0.4, 0.5) is 0 Å². The normalized spacial score (nSPS) is 11.1. The Morgan fingerprint density at radius 3 is 2.14 bits per heavy atom. The van der Waals surface area contributed by atoms with Gasteiger partial charge in [-0.1, -0.05) is 26.7 Å². The fourth-order valence-electron chi connectivity index (χ4n) is 1.40. The molecule has 0 heterocycles. The summed E-state index contributed by atoms with van der Waals surface area (Å²) in [5.41, 5.74) is 0. The third kappa shape index (κ3) is 8.48. The Kier molecular flexibility index (Phi) is 10.9. The second-order valence-corrected chi connectivity index (χ2v) is 3.41. The summed E-state index contributed by atoms with van der Waals surface area (Å²) in [6, 6.07) is 0. The first-order valence-electron chi connectivity index (χ1n) is 5.65. The monoisotopic (exact) mass is 204 g/mol. The van der Waals surface area contributed by atoms with E-state index >= 15 is 0 Å². The number of ether oxygens (including phenoxy) is 2. The zero-order chi connectivity index (χ0) is 10.6. The van der Waals surface area contributed by atoms with Crippen molar-refractivity contribution in [3.63, 3.8) is 0 Å². The SMILES string of the molecule is CCCC(CCC)OCCOCCO. The van der Waals surface area contributed by atoms with Gasteiger partial charge in [-0.3, -0.25) is 0 Å². The molecule has 0 spiro atoms. The first-order chi connectivity index (χ1) is 6.85. The van der Waals surface area contributed by atoms with E-state index in [2.05, 4.69) is 13.8 Å². The zero-order valence-corrected chi connectivity index (χ0v) is 9.50. The van der Waals surface area contributed by atoms with Crippen LogP contribution in [-0.4, -0.2) is 37.6 Å². The summed E-state index contributed by atoms with van der Waals surface area (Å²) < 4.78 is 10.8.